The molecule has 2 heterocycles. The number of hydrogen-bond acceptors (Lipinski definition) is 5. The van der Waals surface area contributed by atoms with Crippen LogP contribution in [0.15, 0.2) is 72.8 Å². The van der Waals surface area contributed by atoms with Crippen molar-refractivity contribution in [1.29, 1.82) is 0 Å². The molecule has 0 aliphatic carbocycles. The van der Waals surface area contributed by atoms with Gasteiger partial charge in [-0.15, -0.1) is 16.4 Å². The molecule has 3 aromatic carbocycles. The molecule has 0 aliphatic heterocycles. The Hall–Kier alpha value is -3.58. The van der Waals surface area contributed by atoms with Gasteiger partial charge < -0.3 is 5.32 Å². The van der Waals surface area contributed by atoms with Crippen LogP contribution < -0.4 is 5.32 Å². The zero-order chi connectivity index (χ0) is 18.9. The summed E-state index contributed by atoms with van der Waals surface area (Å²) in [5.74, 6) is -0.163. The molecule has 2 aromatic heterocycles. The summed E-state index contributed by atoms with van der Waals surface area (Å²) in [5.41, 5.74) is 4.19. The minimum Gasteiger partial charge on any atom is -0.324 e. The Morgan fingerprint density at radius 1 is 0.929 bits per heavy atom. The molecule has 0 saturated carbocycles. The number of aromatic nitrogens is 4. The Balaban J connectivity index is 1.43. The van der Waals surface area contributed by atoms with E-state index < -0.39 is 0 Å². The number of rotatable bonds is 4. The van der Waals surface area contributed by atoms with Crippen molar-refractivity contribution in [2.75, 3.05) is 5.32 Å². The molecule has 28 heavy (non-hydrogen) atoms. The van der Waals surface area contributed by atoms with Gasteiger partial charge in [0.1, 0.15) is 17.1 Å². The average molecular weight is 385 g/mol. The average Bonchev–Trinajstić information content (AvgIpc) is 3.33. The van der Waals surface area contributed by atoms with Gasteiger partial charge in [0.15, 0.2) is 0 Å². The summed E-state index contributed by atoms with van der Waals surface area (Å²) in [6.45, 7) is 0.0920. The Morgan fingerprint density at radius 2 is 1.68 bits per heavy atom. The second kappa shape index (κ2) is 6.86. The van der Waals surface area contributed by atoms with Crippen molar-refractivity contribution in [3.8, 4) is 10.6 Å². The summed E-state index contributed by atoms with van der Waals surface area (Å²) >= 11 is 1.61. The van der Waals surface area contributed by atoms with E-state index in [0.717, 1.165) is 37.5 Å². The van der Waals surface area contributed by atoms with Crippen LogP contribution in [0.2, 0.25) is 0 Å². The molecule has 0 spiro atoms. The van der Waals surface area contributed by atoms with E-state index >= 15 is 0 Å². The van der Waals surface area contributed by atoms with Gasteiger partial charge in [-0.05, 0) is 36.4 Å². The van der Waals surface area contributed by atoms with Crippen molar-refractivity contribution in [3.05, 3.63) is 72.8 Å². The fourth-order valence-electron chi connectivity index (χ4n) is 3.13. The Kier molecular flexibility index (Phi) is 4.06. The normalized spacial score (nSPS) is 11.1. The van der Waals surface area contributed by atoms with Crippen LogP contribution in [0, 0.1) is 0 Å². The second-order valence-corrected chi connectivity index (χ2v) is 7.35. The highest BCUT2D eigenvalue weighted by Gasteiger charge is 2.14. The zero-order valence-electron chi connectivity index (χ0n) is 14.7. The predicted octanol–water partition coefficient (Wildman–Crippen LogP) is 4.35. The van der Waals surface area contributed by atoms with Crippen LogP contribution in [0.5, 0.6) is 0 Å². The van der Waals surface area contributed by atoms with Crippen LogP contribution in [0.25, 0.3) is 31.8 Å². The largest absolute Gasteiger partial charge is 0.324 e. The molecule has 0 bridgehead atoms. The standard InChI is InChI=1S/C21H15N5OS/c27-20(13-26-18-11-5-3-9-16(18)24-25-26)22-15-8-2-1-7-14(15)21-23-17-10-4-6-12-19(17)28-21/h1-12H,13H2,(H,22,27). The van der Waals surface area contributed by atoms with Crippen molar-refractivity contribution < 1.29 is 4.79 Å². The third-order valence-corrected chi connectivity index (χ3v) is 5.51. The number of para-hydroxylation sites is 3. The summed E-state index contributed by atoms with van der Waals surface area (Å²) in [4.78, 5) is 17.4. The van der Waals surface area contributed by atoms with Crippen molar-refractivity contribution in [2.45, 2.75) is 6.54 Å². The smallest absolute Gasteiger partial charge is 0.246 e. The van der Waals surface area contributed by atoms with Gasteiger partial charge in [-0.25, -0.2) is 9.67 Å². The predicted molar refractivity (Wildman–Crippen MR) is 111 cm³/mol. The first-order valence-electron chi connectivity index (χ1n) is 8.81. The van der Waals surface area contributed by atoms with Gasteiger partial charge in [-0.2, -0.15) is 0 Å². The summed E-state index contributed by atoms with van der Waals surface area (Å²) in [6, 6.07) is 23.3. The molecular weight excluding hydrogens is 370 g/mol. The third kappa shape index (κ3) is 3.01. The topological polar surface area (TPSA) is 72.7 Å². The summed E-state index contributed by atoms with van der Waals surface area (Å²) in [7, 11) is 0. The number of nitrogens with zero attached hydrogens (tertiary/aromatic N) is 4. The number of nitrogens with one attached hydrogen (secondary N) is 1. The van der Waals surface area contributed by atoms with E-state index in [1.54, 1.807) is 16.0 Å². The molecule has 136 valence electrons. The third-order valence-electron chi connectivity index (χ3n) is 4.44. The molecule has 0 saturated heterocycles. The van der Waals surface area contributed by atoms with Gasteiger partial charge in [-0.1, -0.05) is 41.6 Å². The van der Waals surface area contributed by atoms with Crippen LogP contribution in [0.3, 0.4) is 0 Å². The fraction of sp³-hybridized carbons (Fsp3) is 0.0476. The molecule has 0 fully saturated rings. The molecule has 0 atom stereocenters. The van der Waals surface area contributed by atoms with Gasteiger partial charge in [0.05, 0.1) is 21.4 Å². The van der Waals surface area contributed by atoms with E-state index in [2.05, 4.69) is 15.6 Å². The highest BCUT2D eigenvalue weighted by Crippen LogP contribution is 2.34. The second-order valence-electron chi connectivity index (χ2n) is 6.32. The fourth-order valence-corrected chi connectivity index (χ4v) is 4.13. The molecule has 6 nitrogen and oxygen atoms in total. The maximum Gasteiger partial charge on any atom is 0.246 e. The van der Waals surface area contributed by atoms with E-state index in [1.807, 2.05) is 72.8 Å². The van der Waals surface area contributed by atoms with Crippen molar-refractivity contribution >= 4 is 44.2 Å². The zero-order valence-corrected chi connectivity index (χ0v) is 15.6. The van der Waals surface area contributed by atoms with Crippen LogP contribution in [-0.2, 0) is 11.3 Å². The number of fused-ring (bicyclic) bond motifs is 2. The van der Waals surface area contributed by atoms with E-state index in [1.165, 1.54) is 0 Å². The van der Waals surface area contributed by atoms with Crippen LogP contribution in [0.4, 0.5) is 5.69 Å². The molecule has 5 aromatic rings. The maximum absolute atomic E-state index is 12.7. The first-order valence-corrected chi connectivity index (χ1v) is 9.63. The van der Waals surface area contributed by atoms with Crippen molar-refractivity contribution in [2.24, 2.45) is 0 Å². The van der Waals surface area contributed by atoms with Crippen LogP contribution >= 0.6 is 11.3 Å². The first kappa shape index (κ1) is 16.6. The lowest BCUT2D eigenvalue weighted by Crippen LogP contribution is -2.20. The van der Waals surface area contributed by atoms with Gasteiger partial charge >= 0.3 is 0 Å². The highest BCUT2D eigenvalue weighted by atomic mass is 32.1. The lowest BCUT2D eigenvalue weighted by atomic mass is 10.2. The van der Waals surface area contributed by atoms with Gasteiger partial charge in [0, 0.05) is 5.56 Å². The Bertz CT molecular complexity index is 1270. The Labute approximate surface area is 164 Å². The minimum atomic E-state index is -0.163. The summed E-state index contributed by atoms with van der Waals surface area (Å²) in [6.07, 6.45) is 0. The number of hydrogen-bond donors (Lipinski definition) is 1. The number of anilines is 1. The van der Waals surface area contributed by atoms with Crippen LogP contribution in [0.1, 0.15) is 0 Å². The lowest BCUT2D eigenvalue weighted by Gasteiger charge is -2.09. The lowest BCUT2D eigenvalue weighted by molar-refractivity contribution is -0.116. The summed E-state index contributed by atoms with van der Waals surface area (Å²) in [5, 5.41) is 12.0. The molecule has 1 N–H and O–H groups in total. The molecule has 7 heteroatoms. The quantitative estimate of drug-likeness (QED) is 0.499. The maximum atomic E-state index is 12.7. The first-order chi connectivity index (χ1) is 13.8. The molecule has 1 amide bonds. The SMILES string of the molecule is O=C(Cn1nnc2ccccc21)Nc1ccccc1-c1nc2ccccc2s1. The van der Waals surface area contributed by atoms with E-state index in [9.17, 15) is 4.79 Å². The van der Waals surface area contributed by atoms with E-state index in [0.29, 0.717) is 0 Å². The number of carbonyl (C=O) groups is 1. The van der Waals surface area contributed by atoms with Crippen molar-refractivity contribution in [3.63, 3.8) is 0 Å². The molecule has 0 unspecified atom stereocenters. The highest BCUT2D eigenvalue weighted by molar-refractivity contribution is 7.21. The Morgan fingerprint density at radius 3 is 2.57 bits per heavy atom. The monoisotopic (exact) mass is 385 g/mol. The van der Waals surface area contributed by atoms with Gasteiger partial charge in [-0.3, -0.25) is 4.79 Å². The van der Waals surface area contributed by atoms with Crippen molar-refractivity contribution in [1.82, 2.24) is 20.0 Å². The minimum absolute atomic E-state index is 0.0920. The molecule has 0 aliphatic rings. The van der Waals surface area contributed by atoms with E-state index in [4.69, 9.17) is 4.98 Å². The number of carbonyl (C=O) groups excluding carboxylic acids is 1. The van der Waals surface area contributed by atoms with Gasteiger partial charge in [0.25, 0.3) is 0 Å². The molecule has 0 radical (unpaired) electrons. The number of benzene rings is 3. The number of thiazole rings is 1. The summed E-state index contributed by atoms with van der Waals surface area (Å²) < 4.78 is 2.72. The molecule has 5 rings (SSSR count). The molecular formula is C21H15N5OS. The van der Waals surface area contributed by atoms with Crippen LogP contribution in [-0.4, -0.2) is 25.9 Å². The van der Waals surface area contributed by atoms with Gasteiger partial charge in [0.2, 0.25) is 5.91 Å². The van der Waals surface area contributed by atoms with E-state index in [-0.39, 0.29) is 12.5 Å². The number of amides is 1.